The first-order valence-electron chi connectivity index (χ1n) is 4.23. The Bertz CT molecular complexity index is 144. The summed E-state index contributed by atoms with van der Waals surface area (Å²) < 4.78 is 36.8. The van der Waals surface area contributed by atoms with Crippen LogP contribution in [0.5, 0.6) is 0 Å². The molecular formula is C8H13F3O. The summed E-state index contributed by atoms with van der Waals surface area (Å²) in [4.78, 5) is 0. The second-order valence-corrected chi connectivity index (χ2v) is 3.38. The maximum Gasteiger partial charge on any atom is 0.392 e. The average Bonchev–Trinajstić information content (AvgIpc) is 2.03. The van der Waals surface area contributed by atoms with Gasteiger partial charge in [-0.1, -0.05) is 12.8 Å². The van der Waals surface area contributed by atoms with Crippen molar-refractivity contribution in [1.29, 1.82) is 0 Å². The van der Waals surface area contributed by atoms with Gasteiger partial charge in [0.1, 0.15) is 0 Å². The fraction of sp³-hybridized carbons (Fsp3) is 1.00. The van der Waals surface area contributed by atoms with Gasteiger partial charge < -0.3 is 5.11 Å². The molecule has 0 radical (unpaired) electrons. The van der Waals surface area contributed by atoms with Crippen molar-refractivity contribution in [2.75, 3.05) is 6.61 Å². The number of aliphatic hydroxyl groups excluding tert-OH is 1. The molecule has 12 heavy (non-hydrogen) atoms. The first kappa shape index (κ1) is 9.84. The van der Waals surface area contributed by atoms with E-state index in [2.05, 4.69) is 0 Å². The number of halogens is 3. The van der Waals surface area contributed by atoms with E-state index in [1.165, 1.54) is 0 Å². The van der Waals surface area contributed by atoms with Crippen molar-refractivity contribution in [3.63, 3.8) is 0 Å². The minimum absolute atomic E-state index is 0.189. The molecule has 1 rings (SSSR count). The van der Waals surface area contributed by atoms with Crippen molar-refractivity contribution in [2.24, 2.45) is 11.8 Å². The summed E-state index contributed by atoms with van der Waals surface area (Å²) in [5.74, 6) is -1.82. The van der Waals surface area contributed by atoms with Crippen LogP contribution in [0, 0.1) is 11.8 Å². The van der Waals surface area contributed by atoms with Crippen molar-refractivity contribution in [2.45, 2.75) is 31.9 Å². The Morgan fingerprint density at radius 3 is 2.17 bits per heavy atom. The van der Waals surface area contributed by atoms with Crippen LogP contribution in [0.15, 0.2) is 0 Å². The summed E-state index contributed by atoms with van der Waals surface area (Å²) in [6, 6.07) is 0. The van der Waals surface area contributed by atoms with Gasteiger partial charge in [0.15, 0.2) is 0 Å². The molecule has 1 aliphatic rings. The van der Waals surface area contributed by atoms with Crippen molar-refractivity contribution in [3.8, 4) is 0 Å². The molecule has 0 unspecified atom stereocenters. The molecule has 0 amide bonds. The molecule has 4 heteroatoms. The molecule has 1 N–H and O–H groups in total. The minimum Gasteiger partial charge on any atom is -0.396 e. The zero-order chi connectivity index (χ0) is 9.19. The van der Waals surface area contributed by atoms with Gasteiger partial charge in [-0.05, 0) is 18.8 Å². The van der Waals surface area contributed by atoms with Gasteiger partial charge in [-0.3, -0.25) is 0 Å². The summed E-state index contributed by atoms with van der Waals surface area (Å²) in [5, 5.41) is 8.72. The Balaban J connectivity index is 2.59. The van der Waals surface area contributed by atoms with Crippen molar-refractivity contribution in [3.05, 3.63) is 0 Å². The summed E-state index contributed by atoms with van der Waals surface area (Å²) in [6.45, 7) is -0.329. The van der Waals surface area contributed by atoms with Gasteiger partial charge in [-0.2, -0.15) is 13.2 Å². The number of hydrogen-bond acceptors (Lipinski definition) is 1. The van der Waals surface area contributed by atoms with Gasteiger partial charge in [0.05, 0.1) is 5.92 Å². The van der Waals surface area contributed by atoms with Gasteiger partial charge in [0, 0.05) is 6.61 Å². The number of alkyl halides is 3. The standard InChI is InChI=1S/C8H13F3O/c9-8(10,11)7-4-2-1-3-6(7)5-12/h6-7,12H,1-5H2/t6-,7-/m0/s1. The molecule has 72 valence electrons. The van der Waals surface area contributed by atoms with Crippen LogP contribution in [0.4, 0.5) is 13.2 Å². The third kappa shape index (κ3) is 2.12. The van der Waals surface area contributed by atoms with Crippen LogP contribution in [0.1, 0.15) is 25.7 Å². The normalized spacial score (nSPS) is 32.0. The van der Waals surface area contributed by atoms with Gasteiger partial charge >= 0.3 is 6.18 Å². The van der Waals surface area contributed by atoms with Crippen molar-refractivity contribution < 1.29 is 18.3 Å². The molecule has 0 saturated heterocycles. The Labute approximate surface area is 69.6 Å². The molecule has 1 saturated carbocycles. The maximum atomic E-state index is 12.3. The van der Waals surface area contributed by atoms with Gasteiger partial charge in [-0.25, -0.2) is 0 Å². The topological polar surface area (TPSA) is 20.2 Å². The highest BCUT2D eigenvalue weighted by molar-refractivity contribution is 4.79. The third-order valence-corrected chi connectivity index (χ3v) is 2.56. The molecule has 0 aromatic carbocycles. The lowest BCUT2D eigenvalue weighted by molar-refractivity contribution is -0.199. The van der Waals surface area contributed by atoms with Crippen LogP contribution >= 0.6 is 0 Å². The monoisotopic (exact) mass is 182 g/mol. The molecular weight excluding hydrogens is 169 g/mol. The van der Waals surface area contributed by atoms with Crippen LogP contribution in [-0.4, -0.2) is 17.9 Å². The lowest BCUT2D eigenvalue weighted by Gasteiger charge is -2.31. The van der Waals surface area contributed by atoms with Crippen molar-refractivity contribution >= 4 is 0 Å². The molecule has 1 aliphatic carbocycles. The highest BCUT2D eigenvalue weighted by Gasteiger charge is 2.44. The molecule has 0 aromatic rings. The van der Waals surface area contributed by atoms with E-state index in [0.29, 0.717) is 12.8 Å². The molecule has 1 nitrogen and oxygen atoms in total. The SMILES string of the molecule is OC[C@@H]1CCCC[C@@H]1C(F)(F)F. The molecule has 0 aliphatic heterocycles. The Morgan fingerprint density at radius 1 is 1.17 bits per heavy atom. The zero-order valence-electron chi connectivity index (χ0n) is 6.77. The summed E-state index contributed by atoms with van der Waals surface area (Å²) >= 11 is 0. The highest BCUT2D eigenvalue weighted by atomic mass is 19.4. The van der Waals surface area contributed by atoms with E-state index < -0.39 is 18.0 Å². The number of rotatable bonds is 1. The van der Waals surface area contributed by atoms with Crippen LogP contribution < -0.4 is 0 Å². The van der Waals surface area contributed by atoms with Gasteiger partial charge in [0.25, 0.3) is 0 Å². The number of aliphatic hydroxyl groups is 1. The second kappa shape index (κ2) is 3.64. The summed E-state index contributed by atoms with van der Waals surface area (Å²) in [5.41, 5.74) is 0. The van der Waals surface area contributed by atoms with E-state index in [4.69, 9.17) is 5.11 Å². The maximum absolute atomic E-state index is 12.3. The van der Waals surface area contributed by atoms with E-state index in [0.717, 1.165) is 6.42 Å². The summed E-state index contributed by atoms with van der Waals surface area (Å²) in [6.07, 6.45) is -1.96. The van der Waals surface area contributed by atoms with Crippen LogP contribution in [-0.2, 0) is 0 Å². The third-order valence-electron chi connectivity index (χ3n) is 2.56. The van der Waals surface area contributed by atoms with Gasteiger partial charge in [0.2, 0.25) is 0 Å². The summed E-state index contributed by atoms with van der Waals surface area (Å²) in [7, 11) is 0. The second-order valence-electron chi connectivity index (χ2n) is 3.38. The lowest BCUT2D eigenvalue weighted by Crippen LogP contribution is -2.34. The van der Waals surface area contributed by atoms with E-state index in [-0.39, 0.29) is 13.0 Å². The van der Waals surface area contributed by atoms with Crippen LogP contribution in [0.3, 0.4) is 0 Å². The predicted octanol–water partition coefficient (Wildman–Crippen LogP) is 2.35. The molecule has 0 bridgehead atoms. The fourth-order valence-electron chi connectivity index (χ4n) is 1.86. The van der Waals surface area contributed by atoms with Crippen LogP contribution in [0.2, 0.25) is 0 Å². The van der Waals surface area contributed by atoms with Crippen molar-refractivity contribution in [1.82, 2.24) is 0 Å². The largest absolute Gasteiger partial charge is 0.396 e. The fourth-order valence-corrected chi connectivity index (χ4v) is 1.86. The van der Waals surface area contributed by atoms with Gasteiger partial charge in [-0.15, -0.1) is 0 Å². The number of hydrogen-bond donors (Lipinski definition) is 1. The molecule has 0 spiro atoms. The zero-order valence-corrected chi connectivity index (χ0v) is 6.77. The molecule has 0 heterocycles. The van der Waals surface area contributed by atoms with E-state index in [9.17, 15) is 13.2 Å². The Morgan fingerprint density at radius 2 is 1.75 bits per heavy atom. The minimum atomic E-state index is -4.12. The average molecular weight is 182 g/mol. The first-order chi connectivity index (χ1) is 5.55. The molecule has 1 fully saturated rings. The lowest BCUT2D eigenvalue weighted by atomic mass is 9.79. The quantitative estimate of drug-likeness (QED) is 0.660. The Hall–Kier alpha value is -0.250. The van der Waals surface area contributed by atoms with E-state index in [1.54, 1.807) is 0 Å². The van der Waals surface area contributed by atoms with E-state index >= 15 is 0 Å². The first-order valence-corrected chi connectivity index (χ1v) is 4.23. The molecule has 2 atom stereocenters. The predicted molar refractivity (Wildman–Crippen MR) is 38.6 cm³/mol. The Kier molecular flexibility index (Phi) is 2.99. The highest BCUT2D eigenvalue weighted by Crippen LogP contribution is 2.40. The molecule has 0 aromatic heterocycles. The van der Waals surface area contributed by atoms with Crippen LogP contribution in [0.25, 0.3) is 0 Å². The smallest absolute Gasteiger partial charge is 0.392 e. The van der Waals surface area contributed by atoms with E-state index in [1.807, 2.05) is 0 Å².